The molecule has 1 N–H and O–H groups in total. The van der Waals surface area contributed by atoms with Crippen LogP contribution in [0.25, 0.3) is 0 Å². The number of nitrogens with one attached hydrogen (secondary N) is 1. The van der Waals surface area contributed by atoms with Gasteiger partial charge in [-0.25, -0.2) is 4.99 Å². The van der Waals surface area contributed by atoms with E-state index >= 15 is 0 Å². The van der Waals surface area contributed by atoms with Crippen molar-refractivity contribution in [2.75, 3.05) is 11.4 Å². The molecule has 0 radical (unpaired) electrons. The molecule has 4 rings (SSSR count). The molecule has 5 nitrogen and oxygen atoms in total. The molecular weight excluding hydrogens is 302 g/mol. The number of fused-ring (bicyclic) bond motifs is 1. The van der Waals surface area contributed by atoms with Gasteiger partial charge in [0.1, 0.15) is 5.84 Å². The van der Waals surface area contributed by atoms with E-state index in [-0.39, 0.29) is 11.8 Å². The summed E-state index contributed by atoms with van der Waals surface area (Å²) in [6, 6.07) is 15.0. The van der Waals surface area contributed by atoms with Crippen LogP contribution in [0.1, 0.15) is 28.8 Å². The number of benzene rings is 2. The van der Waals surface area contributed by atoms with Gasteiger partial charge in [0.25, 0.3) is 5.91 Å². The van der Waals surface area contributed by atoms with Gasteiger partial charge in [-0.2, -0.15) is 0 Å². The van der Waals surface area contributed by atoms with Crippen molar-refractivity contribution in [1.29, 1.82) is 0 Å². The first-order valence-electron chi connectivity index (χ1n) is 8.08. The molecule has 0 atom stereocenters. The number of nitrogens with zero attached hydrogens (tertiary/aromatic N) is 2. The maximum atomic E-state index is 12.4. The first-order chi connectivity index (χ1) is 11.7. The fourth-order valence-electron chi connectivity index (χ4n) is 3.12. The van der Waals surface area contributed by atoms with Gasteiger partial charge in [-0.05, 0) is 42.3 Å². The molecule has 2 aromatic rings. The molecule has 2 aromatic carbocycles. The molecule has 2 aliphatic rings. The summed E-state index contributed by atoms with van der Waals surface area (Å²) < 4.78 is 0. The molecular formula is C19H17N3O2. The molecule has 0 bridgehead atoms. The molecule has 2 amide bonds. The topological polar surface area (TPSA) is 61.8 Å². The van der Waals surface area contributed by atoms with E-state index in [9.17, 15) is 9.59 Å². The average molecular weight is 319 g/mol. The zero-order chi connectivity index (χ0) is 16.5. The molecule has 0 spiro atoms. The van der Waals surface area contributed by atoms with Crippen LogP contribution in [0.4, 0.5) is 11.4 Å². The average Bonchev–Trinajstić information content (AvgIpc) is 3.20. The van der Waals surface area contributed by atoms with E-state index in [4.69, 9.17) is 0 Å². The minimum atomic E-state index is -0.180. The fourth-order valence-corrected chi connectivity index (χ4v) is 3.12. The summed E-state index contributed by atoms with van der Waals surface area (Å²) in [4.78, 5) is 30.3. The third-order valence-electron chi connectivity index (χ3n) is 4.38. The van der Waals surface area contributed by atoms with Crippen LogP contribution < -0.4 is 10.2 Å². The standard InChI is InChI=1S/C19H17N3O2/c23-18-6-3-11-22(18)15-9-7-13(8-10-15)19(24)21-17-12-14-4-1-2-5-16(14)20-17/h1-2,4-5,7-10H,3,6,11-12H2,(H,20,21,24). The van der Waals surface area contributed by atoms with E-state index in [1.807, 2.05) is 36.4 Å². The number of amides is 2. The first kappa shape index (κ1) is 14.6. The van der Waals surface area contributed by atoms with Crippen LogP contribution in [0.15, 0.2) is 53.5 Å². The Kier molecular flexibility index (Phi) is 3.61. The van der Waals surface area contributed by atoms with Crippen molar-refractivity contribution in [3.8, 4) is 0 Å². The van der Waals surface area contributed by atoms with Gasteiger partial charge < -0.3 is 10.2 Å². The quantitative estimate of drug-likeness (QED) is 0.925. The van der Waals surface area contributed by atoms with Crippen molar-refractivity contribution in [2.24, 2.45) is 4.99 Å². The highest BCUT2D eigenvalue weighted by Gasteiger charge is 2.22. The third kappa shape index (κ3) is 2.69. The van der Waals surface area contributed by atoms with E-state index < -0.39 is 0 Å². The predicted molar refractivity (Wildman–Crippen MR) is 92.7 cm³/mol. The fraction of sp³-hybridized carbons (Fsp3) is 0.211. The molecule has 24 heavy (non-hydrogen) atoms. The lowest BCUT2D eigenvalue weighted by Gasteiger charge is -2.15. The number of carbonyl (C=O) groups is 2. The molecule has 2 aliphatic heterocycles. The lowest BCUT2D eigenvalue weighted by molar-refractivity contribution is -0.117. The first-order valence-corrected chi connectivity index (χ1v) is 8.08. The van der Waals surface area contributed by atoms with E-state index in [0.717, 1.165) is 29.9 Å². The van der Waals surface area contributed by atoms with Gasteiger partial charge in [0.2, 0.25) is 5.91 Å². The Bertz CT molecular complexity index is 840. The predicted octanol–water partition coefficient (Wildman–Crippen LogP) is 2.83. The van der Waals surface area contributed by atoms with Crippen LogP contribution in [0, 0.1) is 0 Å². The normalized spacial score (nSPS) is 16.1. The zero-order valence-electron chi connectivity index (χ0n) is 13.2. The van der Waals surface area contributed by atoms with E-state index in [1.54, 1.807) is 17.0 Å². The van der Waals surface area contributed by atoms with Crippen molar-refractivity contribution in [2.45, 2.75) is 19.3 Å². The molecule has 1 fully saturated rings. The summed E-state index contributed by atoms with van der Waals surface area (Å²) >= 11 is 0. The molecule has 0 aliphatic carbocycles. The Labute approximate surface area is 140 Å². The smallest absolute Gasteiger partial charge is 0.256 e. The van der Waals surface area contributed by atoms with Crippen molar-refractivity contribution in [3.63, 3.8) is 0 Å². The number of aliphatic imine (C=N–C) groups is 1. The SMILES string of the molecule is O=C(NC1=Nc2ccccc2C1)c1ccc(N2CCCC2=O)cc1. The molecule has 0 saturated carbocycles. The van der Waals surface area contributed by atoms with Crippen molar-refractivity contribution in [3.05, 3.63) is 59.7 Å². The van der Waals surface area contributed by atoms with Gasteiger partial charge in [0, 0.05) is 30.6 Å². The van der Waals surface area contributed by atoms with Gasteiger partial charge in [-0.3, -0.25) is 9.59 Å². The number of hydrogen-bond donors (Lipinski definition) is 1. The molecule has 0 aromatic heterocycles. The molecule has 5 heteroatoms. The van der Waals surface area contributed by atoms with Gasteiger partial charge in [-0.1, -0.05) is 18.2 Å². The number of hydrogen-bond acceptors (Lipinski definition) is 3. The Morgan fingerprint density at radius 3 is 2.58 bits per heavy atom. The summed E-state index contributed by atoms with van der Waals surface area (Å²) in [5.74, 6) is 0.631. The number of rotatable bonds is 2. The van der Waals surface area contributed by atoms with Crippen molar-refractivity contribution >= 4 is 29.0 Å². The van der Waals surface area contributed by atoms with Crippen LogP contribution in [-0.4, -0.2) is 24.2 Å². The maximum absolute atomic E-state index is 12.4. The minimum Gasteiger partial charge on any atom is -0.312 e. The molecule has 120 valence electrons. The number of para-hydroxylation sites is 1. The molecule has 1 saturated heterocycles. The van der Waals surface area contributed by atoms with Crippen LogP contribution in [0.3, 0.4) is 0 Å². The minimum absolute atomic E-state index is 0.144. The second-order valence-electron chi connectivity index (χ2n) is 6.01. The van der Waals surface area contributed by atoms with Gasteiger partial charge in [-0.15, -0.1) is 0 Å². The Hall–Kier alpha value is -2.95. The van der Waals surface area contributed by atoms with Gasteiger partial charge >= 0.3 is 0 Å². The second kappa shape index (κ2) is 5.92. The second-order valence-corrected chi connectivity index (χ2v) is 6.01. The lowest BCUT2D eigenvalue weighted by atomic mass is 10.1. The summed E-state index contributed by atoms with van der Waals surface area (Å²) in [6.07, 6.45) is 2.13. The Morgan fingerprint density at radius 1 is 1.08 bits per heavy atom. The zero-order valence-corrected chi connectivity index (χ0v) is 13.2. The summed E-state index contributed by atoms with van der Waals surface area (Å²) in [5, 5.41) is 2.87. The maximum Gasteiger partial charge on any atom is 0.256 e. The largest absolute Gasteiger partial charge is 0.312 e. The van der Waals surface area contributed by atoms with E-state index in [1.165, 1.54) is 0 Å². The highest BCUT2D eigenvalue weighted by atomic mass is 16.2. The summed E-state index contributed by atoms with van der Waals surface area (Å²) in [5.41, 5.74) is 3.44. The summed E-state index contributed by atoms with van der Waals surface area (Å²) in [6.45, 7) is 0.749. The lowest BCUT2D eigenvalue weighted by Crippen LogP contribution is -2.30. The van der Waals surface area contributed by atoms with Crippen molar-refractivity contribution in [1.82, 2.24) is 5.32 Å². The number of amidine groups is 1. The van der Waals surface area contributed by atoms with E-state index in [0.29, 0.717) is 24.2 Å². The van der Waals surface area contributed by atoms with E-state index in [2.05, 4.69) is 10.3 Å². The van der Waals surface area contributed by atoms with Gasteiger partial charge in [0.15, 0.2) is 0 Å². The molecule has 2 heterocycles. The Balaban J connectivity index is 1.45. The number of anilines is 1. The van der Waals surface area contributed by atoms with Crippen LogP contribution in [0.5, 0.6) is 0 Å². The number of carbonyl (C=O) groups excluding carboxylic acids is 2. The van der Waals surface area contributed by atoms with Crippen LogP contribution in [0.2, 0.25) is 0 Å². The summed E-state index contributed by atoms with van der Waals surface area (Å²) in [7, 11) is 0. The third-order valence-corrected chi connectivity index (χ3v) is 4.38. The highest BCUT2D eigenvalue weighted by Crippen LogP contribution is 2.25. The van der Waals surface area contributed by atoms with Crippen molar-refractivity contribution < 1.29 is 9.59 Å². The Morgan fingerprint density at radius 2 is 1.88 bits per heavy atom. The van der Waals surface area contributed by atoms with Crippen LogP contribution >= 0.6 is 0 Å². The monoisotopic (exact) mass is 319 g/mol. The molecule has 0 unspecified atom stereocenters. The van der Waals surface area contributed by atoms with Gasteiger partial charge in [0.05, 0.1) is 5.69 Å². The highest BCUT2D eigenvalue weighted by molar-refractivity contribution is 6.09. The van der Waals surface area contributed by atoms with Crippen LogP contribution in [-0.2, 0) is 11.2 Å².